The smallest absolute Gasteiger partial charge is 0.321 e. The number of carbonyl (C=O) groups excluding carboxylic acids is 2. The van der Waals surface area contributed by atoms with E-state index in [1.807, 2.05) is 13.1 Å². The summed E-state index contributed by atoms with van der Waals surface area (Å²) >= 11 is 12.0. The highest BCUT2D eigenvalue weighted by Gasteiger charge is 2.14. The van der Waals surface area contributed by atoms with E-state index in [0.717, 1.165) is 16.9 Å². The third-order valence-electron chi connectivity index (χ3n) is 3.23. The minimum atomic E-state index is -0.451. The maximum Gasteiger partial charge on any atom is 0.321 e. The van der Waals surface area contributed by atoms with Crippen molar-refractivity contribution in [2.45, 2.75) is 26.8 Å². The molecule has 1 unspecified atom stereocenters. The summed E-state index contributed by atoms with van der Waals surface area (Å²) in [7, 11) is 1.86. The Labute approximate surface area is 147 Å². The van der Waals surface area contributed by atoms with E-state index in [1.54, 1.807) is 12.1 Å². The molecule has 0 aromatic heterocycles. The number of imide groups is 1. The fraction of sp³-hybridized carbons (Fsp3) is 0.500. The Morgan fingerprint density at radius 2 is 1.96 bits per heavy atom. The normalized spacial score (nSPS) is 12.1. The Morgan fingerprint density at radius 3 is 2.57 bits per heavy atom. The van der Waals surface area contributed by atoms with E-state index in [9.17, 15) is 9.59 Å². The molecular formula is C16H24Cl2N3O2+. The molecule has 3 amide bonds. The van der Waals surface area contributed by atoms with Gasteiger partial charge in [0, 0.05) is 17.1 Å². The molecule has 5 nitrogen and oxygen atoms in total. The maximum atomic E-state index is 11.8. The van der Waals surface area contributed by atoms with Gasteiger partial charge in [-0.25, -0.2) is 4.79 Å². The third kappa shape index (κ3) is 8.21. The van der Waals surface area contributed by atoms with Crippen molar-refractivity contribution in [3.63, 3.8) is 0 Å². The van der Waals surface area contributed by atoms with Crippen molar-refractivity contribution in [1.29, 1.82) is 0 Å². The molecule has 1 aromatic rings. The zero-order chi connectivity index (χ0) is 17.4. The molecule has 128 valence electrons. The highest BCUT2D eigenvalue weighted by molar-refractivity contribution is 6.35. The van der Waals surface area contributed by atoms with Gasteiger partial charge in [-0.05, 0) is 24.5 Å². The molecule has 0 aliphatic heterocycles. The second-order valence-corrected chi connectivity index (χ2v) is 6.88. The fourth-order valence-corrected chi connectivity index (χ4v) is 2.49. The summed E-state index contributed by atoms with van der Waals surface area (Å²) in [6.45, 7) is 5.45. The summed E-state index contributed by atoms with van der Waals surface area (Å²) in [6, 6.07) is 4.82. The molecule has 0 aliphatic carbocycles. The lowest BCUT2D eigenvalue weighted by Gasteiger charge is -2.15. The van der Waals surface area contributed by atoms with Crippen LogP contribution in [0.1, 0.15) is 25.8 Å². The molecule has 0 saturated carbocycles. The predicted octanol–water partition coefficient (Wildman–Crippen LogP) is 1.88. The van der Waals surface area contributed by atoms with Gasteiger partial charge in [-0.1, -0.05) is 43.1 Å². The number of hydrogen-bond donors (Lipinski definition) is 3. The molecule has 1 rings (SSSR count). The number of hydrogen-bond acceptors (Lipinski definition) is 2. The minimum Gasteiger partial charge on any atom is -0.338 e. The van der Waals surface area contributed by atoms with Crippen LogP contribution in [0.15, 0.2) is 18.2 Å². The van der Waals surface area contributed by atoms with Gasteiger partial charge in [0.25, 0.3) is 5.91 Å². The first-order chi connectivity index (χ1) is 10.8. The number of rotatable bonds is 7. The summed E-state index contributed by atoms with van der Waals surface area (Å²) in [4.78, 5) is 24.3. The molecule has 0 spiro atoms. The first-order valence-electron chi connectivity index (χ1n) is 7.60. The summed E-state index contributed by atoms with van der Waals surface area (Å²) < 4.78 is 0. The van der Waals surface area contributed by atoms with Crippen molar-refractivity contribution in [3.8, 4) is 0 Å². The molecule has 3 N–H and O–H groups in total. The van der Waals surface area contributed by atoms with Gasteiger partial charge in [-0.15, -0.1) is 0 Å². The van der Waals surface area contributed by atoms with Gasteiger partial charge in [0.1, 0.15) is 6.54 Å². The standard InChI is InChI=1S/C16H23Cl2N3O2/c1-11(2)6-7-19-16(23)20-15(22)10-21(3)9-12-4-5-13(17)8-14(12)18/h4-5,8,11H,6-7,9-10H2,1-3H3,(H2,19,20,22,23)/p+1. The average molecular weight is 361 g/mol. The Kier molecular flexibility index (Phi) is 8.37. The van der Waals surface area contributed by atoms with Crippen LogP contribution in [0.2, 0.25) is 10.0 Å². The highest BCUT2D eigenvalue weighted by atomic mass is 35.5. The van der Waals surface area contributed by atoms with Crippen LogP contribution >= 0.6 is 23.2 Å². The first kappa shape index (κ1) is 19.7. The Balaban J connectivity index is 2.37. The summed E-state index contributed by atoms with van der Waals surface area (Å²) in [5.74, 6) is 0.181. The van der Waals surface area contributed by atoms with Gasteiger partial charge in [-0.2, -0.15) is 0 Å². The van der Waals surface area contributed by atoms with E-state index in [4.69, 9.17) is 23.2 Å². The minimum absolute atomic E-state index is 0.177. The predicted molar refractivity (Wildman–Crippen MR) is 92.9 cm³/mol. The van der Waals surface area contributed by atoms with Crippen molar-refractivity contribution in [3.05, 3.63) is 33.8 Å². The van der Waals surface area contributed by atoms with Gasteiger partial charge in [0.2, 0.25) is 0 Å². The third-order valence-corrected chi connectivity index (χ3v) is 3.82. The van der Waals surface area contributed by atoms with Crippen LogP contribution in [0.4, 0.5) is 4.79 Å². The van der Waals surface area contributed by atoms with E-state index >= 15 is 0 Å². The van der Waals surface area contributed by atoms with E-state index in [-0.39, 0.29) is 12.5 Å². The monoisotopic (exact) mass is 360 g/mol. The van der Waals surface area contributed by atoms with Crippen molar-refractivity contribution < 1.29 is 14.5 Å². The van der Waals surface area contributed by atoms with Crippen molar-refractivity contribution in [2.24, 2.45) is 5.92 Å². The lowest BCUT2D eigenvalue weighted by molar-refractivity contribution is -0.885. The highest BCUT2D eigenvalue weighted by Crippen LogP contribution is 2.20. The van der Waals surface area contributed by atoms with Gasteiger partial charge >= 0.3 is 6.03 Å². The number of amides is 3. The molecule has 0 aliphatic rings. The van der Waals surface area contributed by atoms with E-state index in [0.29, 0.717) is 29.1 Å². The summed E-state index contributed by atoms with van der Waals surface area (Å²) in [5, 5.41) is 6.15. The van der Waals surface area contributed by atoms with Crippen molar-refractivity contribution in [1.82, 2.24) is 10.6 Å². The van der Waals surface area contributed by atoms with Crippen LogP contribution in [0.25, 0.3) is 0 Å². The van der Waals surface area contributed by atoms with Crippen LogP contribution in [0.5, 0.6) is 0 Å². The number of nitrogens with one attached hydrogen (secondary N) is 3. The SMILES string of the molecule is CC(C)CCNC(=O)NC(=O)C[NH+](C)Cc1ccc(Cl)cc1Cl. The van der Waals surface area contributed by atoms with Crippen LogP contribution in [0.3, 0.4) is 0 Å². The molecule has 0 saturated heterocycles. The second-order valence-electron chi connectivity index (χ2n) is 6.03. The number of quaternary nitrogens is 1. The molecule has 0 radical (unpaired) electrons. The van der Waals surface area contributed by atoms with Gasteiger partial charge < -0.3 is 10.2 Å². The molecule has 1 aromatic carbocycles. The summed E-state index contributed by atoms with van der Waals surface area (Å²) in [5.41, 5.74) is 0.905. The topological polar surface area (TPSA) is 62.6 Å². The molecule has 1 atom stereocenters. The molecule has 7 heteroatoms. The summed E-state index contributed by atoms with van der Waals surface area (Å²) in [6.07, 6.45) is 0.877. The number of carbonyl (C=O) groups is 2. The van der Waals surface area contributed by atoms with Crippen LogP contribution in [-0.2, 0) is 11.3 Å². The Bertz CT molecular complexity index is 550. The fourth-order valence-electron chi connectivity index (χ4n) is 2.02. The zero-order valence-corrected chi connectivity index (χ0v) is 15.2. The number of urea groups is 1. The van der Waals surface area contributed by atoms with Crippen molar-refractivity contribution >= 4 is 35.1 Å². The van der Waals surface area contributed by atoms with E-state index < -0.39 is 6.03 Å². The van der Waals surface area contributed by atoms with E-state index in [2.05, 4.69) is 24.5 Å². The number of likely N-dealkylation sites (N-methyl/N-ethyl adjacent to an activating group) is 1. The van der Waals surface area contributed by atoms with Crippen LogP contribution < -0.4 is 15.5 Å². The molecular weight excluding hydrogens is 337 g/mol. The van der Waals surface area contributed by atoms with Crippen LogP contribution in [0, 0.1) is 5.92 Å². The Hall–Kier alpha value is -1.30. The van der Waals surface area contributed by atoms with Gasteiger partial charge in [0.05, 0.1) is 12.1 Å². The quantitative estimate of drug-likeness (QED) is 0.695. The molecule has 23 heavy (non-hydrogen) atoms. The molecule has 0 bridgehead atoms. The zero-order valence-electron chi connectivity index (χ0n) is 13.7. The van der Waals surface area contributed by atoms with Crippen LogP contribution in [-0.4, -0.2) is 32.1 Å². The van der Waals surface area contributed by atoms with E-state index in [1.165, 1.54) is 0 Å². The molecule has 0 fully saturated rings. The largest absolute Gasteiger partial charge is 0.338 e. The number of halogens is 2. The lowest BCUT2D eigenvalue weighted by Crippen LogP contribution is -3.09. The average Bonchev–Trinajstić information content (AvgIpc) is 2.41. The first-order valence-corrected chi connectivity index (χ1v) is 8.36. The van der Waals surface area contributed by atoms with Gasteiger partial charge in [0.15, 0.2) is 6.54 Å². The number of benzene rings is 1. The molecule has 0 heterocycles. The second kappa shape index (κ2) is 9.75. The van der Waals surface area contributed by atoms with Gasteiger partial charge in [-0.3, -0.25) is 10.1 Å². The van der Waals surface area contributed by atoms with Crippen molar-refractivity contribution in [2.75, 3.05) is 20.1 Å². The maximum absolute atomic E-state index is 11.8. The Morgan fingerprint density at radius 1 is 1.26 bits per heavy atom. The lowest BCUT2D eigenvalue weighted by atomic mass is 10.1.